The quantitative estimate of drug-likeness (QED) is 0.861. The molecule has 0 aliphatic carbocycles. The summed E-state index contributed by atoms with van der Waals surface area (Å²) in [6.45, 7) is 3.68. The zero-order valence-corrected chi connectivity index (χ0v) is 12.7. The second kappa shape index (κ2) is 7.13. The van der Waals surface area contributed by atoms with Crippen molar-refractivity contribution in [3.05, 3.63) is 47.5 Å². The summed E-state index contributed by atoms with van der Waals surface area (Å²) in [5.41, 5.74) is 0. The molecule has 2 atom stereocenters. The predicted octanol–water partition coefficient (Wildman–Crippen LogP) is 3.10. The van der Waals surface area contributed by atoms with Gasteiger partial charge in [-0.2, -0.15) is 0 Å². The Kier molecular flexibility index (Phi) is 5.22. The van der Waals surface area contributed by atoms with Crippen molar-refractivity contribution in [3.8, 4) is 5.75 Å². The van der Waals surface area contributed by atoms with E-state index < -0.39 is 6.10 Å². The largest absolute Gasteiger partial charge is 0.481 e. The summed E-state index contributed by atoms with van der Waals surface area (Å²) in [5, 5.41) is 3.48. The second-order valence-corrected chi connectivity index (χ2v) is 5.10. The highest BCUT2D eigenvalue weighted by Gasteiger charge is 2.20. The smallest absolute Gasteiger partial charge is 0.261 e. The van der Waals surface area contributed by atoms with Crippen LogP contribution >= 0.6 is 11.6 Å². The summed E-state index contributed by atoms with van der Waals surface area (Å²) in [4.78, 5) is 19.4. The Morgan fingerprint density at radius 2 is 2.33 bits per heavy atom. The Balaban J connectivity index is 1.96. The summed E-state index contributed by atoms with van der Waals surface area (Å²) in [6.07, 6.45) is 3.52. The van der Waals surface area contributed by atoms with E-state index in [0.717, 1.165) is 12.2 Å². The fraction of sp³-hybridized carbons (Fsp3) is 0.333. The van der Waals surface area contributed by atoms with Crippen LogP contribution in [0.3, 0.4) is 0 Å². The molecule has 0 aliphatic rings. The Morgan fingerprint density at radius 1 is 1.52 bits per heavy atom. The molecule has 5 nitrogen and oxygen atoms in total. The number of aromatic amines is 1. The van der Waals surface area contributed by atoms with Crippen molar-refractivity contribution < 1.29 is 9.53 Å². The van der Waals surface area contributed by atoms with Gasteiger partial charge in [0.25, 0.3) is 5.91 Å². The Morgan fingerprint density at radius 3 is 2.95 bits per heavy atom. The molecule has 0 bridgehead atoms. The maximum Gasteiger partial charge on any atom is 0.261 e. The number of nitrogens with one attached hydrogen (secondary N) is 2. The first-order valence-electron chi connectivity index (χ1n) is 6.82. The van der Waals surface area contributed by atoms with Gasteiger partial charge >= 0.3 is 0 Å². The van der Waals surface area contributed by atoms with Crippen LogP contribution in [0.4, 0.5) is 0 Å². The number of imidazole rings is 1. The maximum absolute atomic E-state index is 12.2. The predicted molar refractivity (Wildman–Crippen MR) is 81.3 cm³/mol. The molecule has 2 aromatic rings. The number of hydrogen-bond acceptors (Lipinski definition) is 3. The highest BCUT2D eigenvalue weighted by Crippen LogP contribution is 2.19. The Labute approximate surface area is 128 Å². The van der Waals surface area contributed by atoms with Crippen LogP contribution in [0.5, 0.6) is 5.75 Å². The standard InChI is InChI=1S/C15H18ClN3O2/c1-3-13(14-17-7-8-18-14)19-15(20)10(2)21-12-6-4-5-11(16)9-12/h4-10,13H,3H2,1-2H3,(H,17,18)(H,19,20). The summed E-state index contributed by atoms with van der Waals surface area (Å²) < 4.78 is 5.59. The zero-order valence-electron chi connectivity index (χ0n) is 12.0. The van der Waals surface area contributed by atoms with E-state index in [-0.39, 0.29) is 11.9 Å². The molecular formula is C15H18ClN3O2. The SMILES string of the molecule is CCC(NC(=O)C(C)Oc1cccc(Cl)c1)c1ncc[nH]1. The van der Waals surface area contributed by atoms with Crippen molar-refractivity contribution in [1.82, 2.24) is 15.3 Å². The number of H-pyrrole nitrogens is 1. The van der Waals surface area contributed by atoms with Crippen molar-refractivity contribution in [3.63, 3.8) is 0 Å². The average molecular weight is 308 g/mol. The number of rotatable bonds is 6. The van der Waals surface area contributed by atoms with E-state index in [1.165, 1.54) is 0 Å². The van der Waals surface area contributed by atoms with E-state index >= 15 is 0 Å². The number of carbonyl (C=O) groups is 1. The molecule has 0 aliphatic heterocycles. The monoisotopic (exact) mass is 307 g/mol. The lowest BCUT2D eigenvalue weighted by molar-refractivity contribution is -0.128. The van der Waals surface area contributed by atoms with Crippen molar-refractivity contribution >= 4 is 17.5 Å². The topological polar surface area (TPSA) is 67.0 Å². The molecule has 1 aromatic carbocycles. The molecule has 0 saturated carbocycles. The molecule has 2 unspecified atom stereocenters. The van der Waals surface area contributed by atoms with Crippen LogP contribution in [-0.2, 0) is 4.79 Å². The maximum atomic E-state index is 12.2. The van der Waals surface area contributed by atoms with E-state index in [1.807, 2.05) is 6.92 Å². The van der Waals surface area contributed by atoms with E-state index in [2.05, 4.69) is 15.3 Å². The third-order valence-corrected chi connectivity index (χ3v) is 3.29. The second-order valence-electron chi connectivity index (χ2n) is 4.66. The van der Waals surface area contributed by atoms with E-state index in [9.17, 15) is 4.79 Å². The lowest BCUT2D eigenvalue weighted by Crippen LogP contribution is -2.38. The van der Waals surface area contributed by atoms with E-state index in [0.29, 0.717) is 10.8 Å². The fourth-order valence-electron chi connectivity index (χ4n) is 1.92. The van der Waals surface area contributed by atoms with Gasteiger partial charge in [0.2, 0.25) is 0 Å². The van der Waals surface area contributed by atoms with Crippen molar-refractivity contribution in [2.75, 3.05) is 0 Å². The normalized spacial score (nSPS) is 13.5. The summed E-state index contributed by atoms with van der Waals surface area (Å²) >= 11 is 5.89. The van der Waals surface area contributed by atoms with Crippen molar-refractivity contribution in [1.29, 1.82) is 0 Å². The highest BCUT2D eigenvalue weighted by molar-refractivity contribution is 6.30. The van der Waals surface area contributed by atoms with Crippen LogP contribution in [0.1, 0.15) is 32.1 Å². The molecule has 21 heavy (non-hydrogen) atoms. The molecule has 112 valence electrons. The van der Waals surface area contributed by atoms with Crippen LogP contribution in [0.15, 0.2) is 36.7 Å². The van der Waals surface area contributed by atoms with Gasteiger partial charge in [0.05, 0.1) is 6.04 Å². The molecule has 1 aromatic heterocycles. The Bertz CT molecular complexity index is 586. The molecule has 0 radical (unpaired) electrons. The molecule has 2 N–H and O–H groups in total. The van der Waals surface area contributed by atoms with Gasteiger partial charge in [-0.15, -0.1) is 0 Å². The lowest BCUT2D eigenvalue weighted by Gasteiger charge is -2.19. The minimum Gasteiger partial charge on any atom is -0.481 e. The van der Waals surface area contributed by atoms with Gasteiger partial charge in [-0.25, -0.2) is 4.98 Å². The first-order chi connectivity index (χ1) is 10.1. The molecular weight excluding hydrogens is 290 g/mol. The van der Waals surface area contributed by atoms with Gasteiger partial charge in [-0.3, -0.25) is 4.79 Å². The number of nitrogens with zero attached hydrogens (tertiary/aromatic N) is 1. The number of carbonyl (C=O) groups excluding carboxylic acids is 1. The third kappa shape index (κ3) is 4.23. The third-order valence-electron chi connectivity index (χ3n) is 3.05. The molecule has 0 fully saturated rings. The molecule has 1 amide bonds. The summed E-state index contributed by atoms with van der Waals surface area (Å²) in [6, 6.07) is 6.82. The van der Waals surface area contributed by atoms with Crippen LogP contribution in [-0.4, -0.2) is 22.0 Å². The van der Waals surface area contributed by atoms with Crippen LogP contribution in [0.2, 0.25) is 5.02 Å². The summed E-state index contributed by atoms with van der Waals surface area (Å²) in [5.74, 6) is 1.11. The zero-order chi connectivity index (χ0) is 15.2. The van der Waals surface area contributed by atoms with Gasteiger partial charge in [0, 0.05) is 17.4 Å². The molecule has 6 heteroatoms. The molecule has 2 rings (SSSR count). The summed E-state index contributed by atoms with van der Waals surface area (Å²) in [7, 11) is 0. The Hall–Kier alpha value is -2.01. The van der Waals surface area contributed by atoms with Gasteiger partial charge in [0.15, 0.2) is 6.10 Å². The van der Waals surface area contributed by atoms with Crippen molar-refractivity contribution in [2.24, 2.45) is 0 Å². The fourth-order valence-corrected chi connectivity index (χ4v) is 2.10. The lowest BCUT2D eigenvalue weighted by atomic mass is 10.2. The van der Waals surface area contributed by atoms with Gasteiger partial charge in [-0.05, 0) is 31.5 Å². The first-order valence-corrected chi connectivity index (χ1v) is 7.19. The molecule has 0 saturated heterocycles. The average Bonchev–Trinajstić information content (AvgIpc) is 2.98. The van der Waals surface area contributed by atoms with E-state index in [4.69, 9.17) is 16.3 Å². The number of aromatic nitrogens is 2. The number of hydrogen-bond donors (Lipinski definition) is 2. The number of ether oxygens (including phenoxy) is 1. The minimum absolute atomic E-state index is 0.155. The van der Waals surface area contributed by atoms with Crippen LogP contribution in [0.25, 0.3) is 0 Å². The molecule has 0 spiro atoms. The van der Waals surface area contributed by atoms with Gasteiger partial charge in [-0.1, -0.05) is 24.6 Å². The van der Waals surface area contributed by atoms with Gasteiger partial charge in [0.1, 0.15) is 11.6 Å². The van der Waals surface area contributed by atoms with Crippen molar-refractivity contribution in [2.45, 2.75) is 32.4 Å². The first kappa shape index (κ1) is 15.4. The minimum atomic E-state index is -0.618. The highest BCUT2D eigenvalue weighted by atomic mass is 35.5. The molecule has 1 heterocycles. The number of halogens is 1. The van der Waals surface area contributed by atoms with Crippen LogP contribution in [0, 0.1) is 0 Å². The van der Waals surface area contributed by atoms with Crippen LogP contribution < -0.4 is 10.1 Å². The number of amides is 1. The van der Waals surface area contributed by atoms with E-state index in [1.54, 1.807) is 43.6 Å². The van der Waals surface area contributed by atoms with Gasteiger partial charge < -0.3 is 15.0 Å². The number of benzene rings is 1.